The van der Waals surface area contributed by atoms with Gasteiger partial charge in [0.15, 0.2) is 6.10 Å². The topological polar surface area (TPSA) is 111 Å². The number of nitrogens with one attached hydrogen (secondary N) is 1. The molecule has 0 fully saturated rings. The zero-order valence-electron chi connectivity index (χ0n) is 17.3. The number of carbonyl (C=O) groups excluding carboxylic acids is 1. The van der Waals surface area contributed by atoms with Crippen LogP contribution in [0.1, 0.15) is 29.3 Å². The first-order valence-electron chi connectivity index (χ1n) is 9.81. The Morgan fingerprint density at radius 2 is 1.64 bits per heavy atom. The largest absolute Gasteiger partial charge is 0.449 e. The number of halogens is 1. The molecule has 33 heavy (non-hydrogen) atoms. The number of carbonyl (C=O) groups is 1. The molecule has 0 radical (unpaired) electrons. The molecule has 0 aliphatic heterocycles. The second-order valence-electron chi connectivity index (χ2n) is 6.96. The summed E-state index contributed by atoms with van der Waals surface area (Å²) in [5, 5.41) is 7.90. The number of benzene rings is 3. The lowest BCUT2D eigenvalue weighted by molar-refractivity contribution is 0.0281. The lowest BCUT2D eigenvalue weighted by Gasteiger charge is -2.14. The third-order valence-corrected chi connectivity index (χ3v) is 5.99. The Kier molecular flexibility index (Phi) is 6.18. The van der Waals surface area contributed by atoms with Crippen molar-refractivity contribution in [2.75, 3.05) is 4.72 Å². The van der Waals surface area contributed by atoms with Crippen LogP contribution in [0.3, 0.4) is 0 Å². The highest BCUT2D eigenvalue weighted by Gasteiger charge is 2.23. The Bertz CT molecular complexity index is 1370. The van der Waals surface area contributed by atoms with Crippen LogP contribution in [0.5, 0.6) is 0 Å². The number of hydrogen-bond donors (Lipinski definition) is 1. The third-order valence-electron chi connectivity index (χ3n) is 4.61. The molecule has 0 saturated carbocycles. The van der Waals surface area contributed by atoms with Crippen LogP contribution in [0.15, 0.2) is 88.2 Å². The first-order chi connectivity index (χ1) is 15.8. The summed E-state index contributed by atoms with van der Waals surface area (Å²) in [6.07, 6.45) is -0.885. The molecule has 1 N–H and O–H groups in total. The quantitative estimate of drug-likeness (QED) is 0.396. The summed E-state index contributed by atoms with van der Waals surface area (Å²) in [4.78, 5) is 12.6. The van der Waals surface area contributed by atoms with E-state index in [1.807, 2.05) is 18.2 Å². The third kappa shape index (κ3) is 5.07. The van der Waals surface area contributed by atoms with Gasteiger partial charge in [0, 0.05) is 5.56 Å². The van der Waals surface area contributed by atoms with Crippen molar-refractivity contribution >= 4 is 21.7 Å². The van der Waals surface area contributed by atoms with E-state index in [0.717, 1.165) is 29.8 Å². The molecule has 0 saturated heterocycles. The predicted octanol–water partition coefficient (Wildman–Crippen LogP) is 4.59. The van der Waals surface area contributed by atoms with Crippen LogP contribution < -0.4 is 4.72 Å². The maximum Gasteiger partial charge on any atom is 0.341 e. The first-order valence-corrected chi connectivity index (χ1v) is 11.3. The van der Waals surface area contributed by atoms with Crippen molar-refractivity contribution in [1.82, 2.24) is 10.2 Å². The van der Waals surface area contributed by atoms with E-state index in [4.69, 9.17) is 9.15 Å². The van der Waals surface area contributed by atoms with Crippen molar-refractivity contribution < 1.29 is 26.8 Å². The van der Waals surface area contributed by atoms with Crippen LogP contribution in [0.2, 0.25) is 0 Å². The van der Waals surface area contributed by atoms with Gasteiger partial charge in [0.25, 0.3) is 15.9 Å². The van der Waals surface area contributed by atoms with Gasteiger partial charge < -0.3 is 9.15 Å². The SMILES string of the molecule is CC(OC(=O)c1ccccc1NS(=O)(=O)c1ccc(F)cc1)c1nnc(-c2ccccc2)o1. The highest BCUT2D eigenvalue weighted by molar-refractivity contribution is 7.92. The van der Waals surface area contributed by atoms with Crippen LogP contribution in [-0.4, -0.2) is 24.6 Å². The Labute approximate surface area is 189 Å². The van der Waals surface area contributed by atoms with Crippen molar-refractivity contribution in [3.63, 3.8) is 0 Å². The zero-order valence-corrected chi connectivity index (χ0v) is 18.1. The van der Waals surface area contributed by atoms with Crippen molar-refractivity contribution in [1.29, 1.82) is 0 Å². The van der Waals surface area contributed by atoms with Crippen molar-refractivity contribution in [3.05, 3.63) is 96.1 Å². The molecule has 0 aliphatic rings. The monoisotopic (exact) mass is 467 g/mol. The maximum absolute atomic E-state index is 13.1. The van der Waals surface area contributed by atoms with E-state index in [0.29, 0.717) is 0 Å². The summed E-state index contributed by atoms with van der Waals surface area (Å²) in [7, 11) is -4.06. The summed E-state index contributed by atoms with van der Waals surface area (Å²) in [6.45, 7) is 1.56. The van der Waals surface area contributed by atoms with Gasteiger partial charge in [0.1, 0.15) is 5.82 Å². The molecule has 1 unspecified atom stereocenters. The summed E-state index contributed by atoms with van der Waals surface area (Å²) >= 11 is 0. The van der Waals surface area contributed by atoms with Gasteiger partial charge in [-0.15, -0.1) is 10.2 Å². The number of aromatic nitrogens is 2. The normalized spacial score (nSPS) is 12.2. The minimum absolute atomic E-state index is 0.00882. The molecule has 1 heterocycles. The van der Waals surface area contributed by atoms with E-state index in [1.165, 1.54) is 12.1 Å². The Morgan fingerprint density at radius 1 is 0.970 bits per heavy atom. The summed E-state index contributed by atoms with van der Waals surface area (Å²) < 4.78 is 51.8. The van der Waals surface area contributed by atoms with Crippen molar-refractivity contribution in [3.8, 4) is 11.5 Å². The zero-order chi connectivity index (χ0) is 23.4. The van der Waals surface area contributed by atoms with Gasteiger partial charge in [-0.05, 0) is 55.5 Å². The van der Waals surface area contributed by atoms with E-state index in [9.17, 15) is 17.6 Å². The average Bonchev–Trinajstić information content (AvgIpc) is 3.31. The number of rotatable bonds is 7. The Morgan fingerprint density at radius 3 is 2.36 bits per heavy atom. The number of sulfonamides is 1. The number of esters is 1. The van der Waals surface area contributed by atoms with E-state index in [2.05, 4.69) is 14.9 Å². The molecular formula is C23H18FN3O5S. The number of ether oxygens (including phenoxy) is 1. The lowest BCUT2D eigenvalue weighted by atomic mass is 10.2. The molecule has 0 aliphatic carbocycles. The Hall–Kier alpha value is -4.05. The molecular weight excluding hydrogens is 449 g/mol. The molecule has 3 aromatic carbocycles. The molecule has 0 bridgehead atoms. The van der Waals surface area contributed by atoms with Gasteiger partial charge in [-0.25, -0.2) is 17.6 Å². The smallest absolute Gasteiger partial charge is 0.341 e. The first kappa shape index (κ1) is 22.2. The maximum atomic E-state index is 13.1. The standard InChI is InChI=1S/C23H18FN3O5S/c1-15(21-25-26-22(32-21)16-7-3-2-4-8-16)31-23(28)19-9-5-6-10-20(19)27-33(29,30)18-13-11-17(24)12-14-18/h2-15,27H,1H3. The second-order valence-corrected chi connectivity index (χ2v) is 8.65. The van der Waals surface area contributed by atoms with Gasteiger partial charge in [-0.3, -0.25) is 4.72 Å². The van der Waals surface area contributed by atoms with Crippen LogP contribution >= 0.6 is 0 Å². The van der Waals surface area contributed by atoms with Crippen molar-refractivity contribution in [2.45, 2.75) is 17.9 Å². The lowest BCUT2D eigenvalue weighted by Crippen LogP contribution is -2.17. The van der Waals surface area contributed by atoms with E-state index >= 15 is 0 Å². The molecule has 8 nitrogen and oxygen atoms in total. The van der Waals surface area contributed by atoms with E-state index < -0.39 is 27.9 Å². The fourth-order valence-corrected chi connectivity index (χ4v) is 4.02. The Balaban J connectivity index is 1.51. The molecule has 4 rings (SSSR count). The van der Waals surface area contributed by atoms with Gasteiger partial charge in [0.2, 0.25) is 5.89 Å². The van der Waals surface area contributed by atoms with E-state index in [-0.39, 0.29) is 27.9 Å². The molecule has 168 valence electrons. The van der Waals surface area contributed by atoms with Crippen molar-refractivity contribution in [2.24, 2.45) is 0 Å². The number of para-hydroxylation sites is 1. The summed E-state index contributed by atoms with van der Waals surface area (Å²) in [6, 6.07) is 19.4. The molecule has 10 heteroatoms. The minimum Gasteiger partial charge on any atom is -0.449 e. The second kappa shape index (κ2) is 9.21. The van der Waals surface area contributed by atoms with Crippen LogP contribution in [0.25, 0.3) is 11.5 Å². The molecule has 0 spiro atoms. The molecule has 1 aromatic heterocycles. The highest BCUT2D eigenvalue weighted by atomic mass is 32.2. The predicted molar refractivity (Wildman–Crippen MR) is 117 cm³/mol. The van der Waals surface area contributed by atoms with E-state index in [1.54, 1.807) is 31.2 Å². The summed E-state index contributed by atoms with van der Waals surface area (Å²) in [5.41, 5.74) is 0.711. The fourth-order valence-electron chi connectivity index (χ4n) is 2.94. The molecule has 4 aromatic rings. The molecule has 0 amide bonds. The minimum atomic E-state index is -4.06. The van der Waals surface area contributed by atoms with Crippen LogP contribution in [0.4, 0.5) is 10.1 Å². The molecule has 1 atom stereocenters. The van der Waals surface area contributed by atoms with Gasteiger partial charge in [-0.1, -0.05) is 30.3 Å². The summed E-state index contributed by atoms with van der Waals surface area (Å²) in [5.74, 6) is -0.990. The van der Waals surface area contributed by atoms with Gasteiger partial charge in [0.05, 0.1) is 16.1 Å². The number of hydrogen-bond acceptors (Lipinski definition) is 7. The average molecular weight is 467 g/mol. The van der Waals surface area contributed by atoms with Crippen LogP contribution in [-0.2, 0) is 14.8 Å². The number of anilines is 1. The highest BCUT2D eigenvalue weighted by Crippen LogP contribution is 2.26. The van der Waals surface area contributed by atoms with Gasteiger partial charge >= 0.3 is 5.97 Å². The fraction of sp³-hybridized carbons (Fsp3) is 0.0870. The van der Waals surface area contributed by atoms with Crippen LogP contribution in [0, 0.1) is 5.82 Å². The number of nitrogens with zero attached hydrogens (tertiary/aromatic N) is 2. The van der Waals surface area contributed by atoms with Gasteiger partial charge in [-0.2, -0.15) is 0 Å².